The van der Waals surface area contributed by atoms with Crippen LogP contribution in [0, 0.1) is 0 Å². The molecule has 0 bridgehead atoms. The standard InChI is InChI=1S/C33H27N3/c1-33(2,3)22-17-19-24(20-18-22)36-30-16-10-8-14-26(30)28-21-27-25-13-7-9-15-29(25)35(31(27)34-32(28)36)23-11-5-4-6-12-23/h4-21H,1-3H3. The van der Waals surface area contributed by atoms with Crippen molar-refractivity contribution in [2.45, 2.75) is 26.2 Å². The summed E-state index contributed by atoms with van der Waals surface area (Å²) in [5.41, 5.74) is 7.98. The van der Waals surface area contributed by atoms with E-state index in [2.05, 4.69) is 139 Å². The zero-order valence-corrected chi connectivity index (χ0v) is 20.7. The highest BCUT2D eigenvalue weighted by molar-refractivity contribution is 6.16. The first-order chi connectivity index (χ1) is 17.5. The first-order valence-electron chi connectivity index (χ1n) is 12.5. The van der Waals surface area contributed by atoms with Gasteiger partial charge in [-0.3, -0.25) is 9.13 Å². The fraction of sp³-hybridized carbons (Fsp3) is 0.121. The molecule has 3 aromatic heterocycles. The lowest BCUT2D eigenvalue weighted by molar-refractivity contribution is 0.590. The molecule has 0 saturated carbocycles. The van der Waals surface area contributed by atoms with E-state index in [1.807, 2.05) is 0 Å². The van der Waals surface area contributed by atoms with Gasteiger partial charge < -0.3 is 0 Å². The third-order valence-electron chi connectivity index (χ3n) is 7.28. The molecule has 0 spiro atoms. The van der Waals surface area contributed by atoms with E-state index in [0.717, 1.165) is 22.7 Å². The van der Waals surface area contributed by atoms with E-state index in [0.29, 0.717) is 0 Å². The Bertz CT molecular complexity index is 1900. The lowest BCUT2D eigenvalue weighted by Crippen LogP contribution is -2.10. The molecule has 7 aromatic rings. The van der Waals surface area contributed by atoms with Gasteiger partial charge in [0.05, 0.1) is 11.0 Å². The summed E-state index contributed by atoms with van der Waals surface area (Å²) in [5.74, 6) is 0. The number of rotatable bonds is 2. The Kier molecular flexibility index (Phi) is 4.40. The number of fused-ring (bicyclic) bond motifs is 6. The second-order valence-electron chi connectivity index (χ2n) is 10.6. The van der Waals surface area contributed by atoms with Crippen molar-refractivity contribution in [3.8, 4) is 11.4 Å². The Labute approximate surface area is 210 Å². The first kappa shape index (κ1) is 21.0. The van der Waals surface area contributed by atoms with Crippen LogP contribution in [0.25, 0.3) is 55.2 Å². The molecular formula is C33H27N3. The lowest BCUT2D eigenvalue weighted by Gasteiger charge is -2.19. The van der Waals surface area contributed by atoms with Gasteiger partial charge in [0.1, 0.15) is 11.3 Å². The van der Waals surface area contributed by atoms with Gasteiger partial charge in [-0.1, -0.05) is 87.5 Å². The Hall–Kier alpha value is -4.37. The maximum absolute atomic E-state index is 5.40. The van der Waals surface area contributed by atoms with Crippen molar-refractivity contribution in [1.82, 2.24) is 14.1 Å². The van der Waals surface area contributed by atoms with Crippen LogP contribution in [0.15, 0.2) is 109 Å². The van der Waals surface area contributed by atoms with Gasteiger partial charge in [-0.15, -0.1) is 0 Å². The third kappa shape index (κ3) is 3.02. The number of pyridine rings is 1. The monoisotopic (exact) mass is 465 g/mol. The Morgan fingerprint density at radius 1 is 0.500 bits per heavy atom. The molecule has 0 aliphatic rings. The van der Waals surface area contributed by atoms with Crippen molar-refractivity contribution in [2.24, 2.45) is 0 Å². The van der Waals surface area contributed by atoms with Crippen molar-refractivity contribution in [1.29, 1.82) is 0 Å². The molecule has 0 atom stereocenters. The average Bonchev–Trinajstić information content (AvgIpc) is 3.40. The van der Waals surface area contributed by atoms with Crippen molar-refractivity contribution in [3.05, 3.63) is 115 Å². The minimum Gasteiger partial charge on any atom is -0.294 e. The number of hydrogen-bond acceptors (Lipinski definition) is 1. The highest BCUT2D eigenvalue weighted by atomic mass is 15.1. The van der Waals surface area contributed by atoms with Crippen LogP contribution >= 0.6 is 0 Å². The zero-order valence-electron chi connectivity index (χ0n) is 20.7. The molecule has 0 unspecified atom stereocenters. The minimum absolute atomic E-state index is 0.111. The molecule has 3 heterocycles. The highest BCUT2D eigenvalue weighted by Gasteiger charge is 2.20. The molecule has 0 N–H and O–H groups in total. The number of para-hydroxylation sites is 3. The fourth-order valence-corrected chi connectivity index (χ4v) is 5.46. The normalized spacial score (nSPS) is 12.3. The summed E-state index contributed by atoms with van der Waals surface area (Å²) in [5, 5.41) is 4.79. The Balaban J connectivity index is 1.61. The van der Waals surface area contributed by atoms with Gasteiger partial charge in [-0.25, -0.2) is 4.98 Å². The molecule has 4 aromatic carbocycles. The molecule has 0 aliphatic carbocycles. The predicted molar refractivity (Wildman–Crippen MR) is 152 cm³/mol. The summed E-state index contributed by atoms with van der Waals surface area (Å²) >= 11 is 0. The molecule has 3 nitrogen and oxygen atoms in total. The van der Waals surface area contributed by atoms with E-state index in [1.54, 1.807) is 0 Å². The van der Waals surface area contributed by atoms with Crippen LogP contribution < -0.4 is 0 Å². The molecular weight excluding hydrogens is 438 g/mol. The molecule has 0 aliphatic heterocycles. The maximum atomic E-state index is 5.40. The van der Waals surface area contributed by atoms with E-state index in [4.69, 9.17) is 4.98 Å². The SMILES string of the molecule is CC(C)(C)c1ccc(-n2c3ccccc3c3cc4c5ccccc5n(-c5ccccc5)c4nc32)cc1. The third-order valence-corrected chi connectivity index (χ3v) is 7.28. The molecule has 0 fully saturated rings. The quantitative estimate of drug-likeness (QED) is 0.251. The summed E-state index contributed by atoms with van der Waals surface area (Å²) in [6, 6.07) is 39.1. The van der Waals surface area contributed by atoms with Crippen LogP contribution in [0.4, 0.5) is 0 Å². The number of nitrogens with zero attached hydrogens (tertiary/aromatic N) is 3. The zero-order chi connectivity index (χ0) is 24.4. The van der Waals surface area contributed by atoms with E-state index >= 15 is 0 Å². The predicted octanol–water partition coefficient (Wildman–Crippen LogP) is 8.57. The van der Waals surface area contributed by atoms with Gasteiger partial charge in [-0.05, 0) is 53.4 Å². The Morgan fingerprint density at radius 3 is 1.50 bits per heavy atom. The van der Waals surface area contributed by atoms with Crippen LogP contribution in [-0.4, -0.2) is 14.1 Å². The van der Waals surface area contributed by atoms with Gasteiger partial charge in [0.25, 0.3) is 0 Å². The molecule has 174 valence electrons. The summed E-state index contributed by atoms with van der Waals surface area (Å²) in [6.07, 6.45) is 0. The minimum atomic E-state index is 0.111. The molecule has 36 heavy (non-hydrogen) atoms. The molecule has 0 radical (unpaired) electrons. The Morgan fingerprint density at radius 2 is 0.972 bits per heavy atom. The first-order valence-corrected chi connectivity index (χ1v) is 12.5. The van der Waals surface area contributed by atoms with Crippen LogP contribution in [0.2, 0.25) is 0 Å². The second kappa shape index (κ2) is 7.56. The molecule has 7 rings (SSSR count). The van der Waals surface area contributed by atoms with E-state index in [-0.39, 0.29) is 5.41 Å². The number of aromatic nitrogens is 3. The van der Waals surface area contributed by atoms with Crippen LogP contribution in [0.1, 0.15) is 26.3 Å². The number of benzene rings is 4. The molecule has 0 amide bonds. The van der Waals surface area contributed by atoms with Gasteiger partial charge in [0, 0.05) is 32.9 Å². The fourth-order valence-electron chi connectivity index (χ4n) is 5.46. The lowest BCUT2D eigenvalue weighted by atomic mass is 9.87. The van der Waals surface area contributed by atoms with E-state index in [9.17, 15) is 0 Å². The van der Waals surface area contributed by atoms with E-state index in [1.165, 1.54) is 38.1 Å². The summed E-state index contributed by atoms with van der Waals surface area (Å²) in [6.45, 7) is 6.76. The van der Waals surface area contributed by atoms with Gasteiger partial charge >= 0.3 is 0 Å². The van der Waals surface area contributed by atoms with Crippen molar-refractivity contribution in [3.63, 3.8) is 0 Å². The average molecular weight is 466 g/mol. The number of hydrogen-bond donors (Lipinski definition) is 0. The topological polar surface area (TPSA) is 22.8 Å². The smallest absolute Gasteiger partial charge is 0.148 e. The summed E-state index contributed by atoms with van der Waals surface area (Å²) in [7, 11) is 0. The summed E-state index contributed by atoms with van der Waals surface area (Å²) < 4.78 is 4.60. The largest absolute Gasteiger partial charge is 0.294 e. The van der Waals surface area contributed by atoms with Gasteiger partial charge in [0.2, 0.25) is 0 Å². The molecule has 0 saturated heterocycles. The molecule has 3 heteroatoms. The van der Waals surface area contributed by atoms with Crippen LogP contribution in [-0.2, 0) is 5.41 Å². The van der Waals surface area contributed by atoms with E-state index < -0.39 is 0 Å². The van der Waals surface area contributed by atoms with Gasteiger partial charge in [-0.2, -0.15) is 0 Å². The van der Waals surface area contributed by atoms with Crippen molar-refractivity contribution >= 4 is 43.9 Å². The van der Waals surface area contributed by atoms with Crippen LogP contribution in [0.5, 0.6) is 0 Å². The van der Waals surface area contributed by atoms with Crippen molar-refractivity contribution < 1.29 is 0 Å². The van der Waals surface area contributed by atoms with Gasteiger partial charge in [0.15, 0.2) is 0 Å². The van der Waals surface area contributed by atoms with Crippen LogP contribution in [0.3, 0.4) is 0 Å². The maximum Gasteiger partial charge on any atom is 0.148 e. The second-order valence-corrected chi connectivity index (χ2v) is 10.6. The highest BCUT2D eigenvalue weighted by Crippen LogP contribution is 2.37. The van der Waals surface area contributed by atoms with Crippen molar-refractivity contribution in [2.75, 3.05) is 0 Å². The summed E-state index contributed by atoms with van der Waals surface area (Å²) in [4.78, 5) is 5.40.